The third kappa shape index (κ3) is 4.95. The maximum atomic E-state index is 12.5. The van der Waals surface area contributed by atoms with Crippen molar-refractivity contribution in [3.05, 3.63) is 40.3 Å². The second kappa shape index (κ2) is 8.65. The van der Waals surface area contributed by atoms with Gasteiger partial charge in [-0.25, -0.2) is 4.98 Å². The fraction of sp³-hybridized carbons (Fsp3) is 0.476. The molecule has 1 atom stereocenters. The summed E-state index contributed by atoms with van der Waals surface area (Å²) in [6, 6.07) is 5.44. The van der Waals surface area contributed by atoms with Crippen molar-refractivity contribution in [3.63, 3.8) is 0 Å². The monoisotopic (exact) mass is 398 g/mol. The SMILES string of the molecule is Cc1cnc(N)cc1-c1cc(N2CCN(C(=O)CCN(C)C)CC2C)[nH]c(=O)c1. The fourth-order valence-electron chi connectivity index (χ4n) is 3.71. The molecule has 1 saturated heterocycles. The molecule has 0 aromatic carbocycles. The molecule has 2 aromatic rings. The molecule has 1 unspecified atom stereocenters. The van der Waals surface area contributed by atoms with Crippen molar-refractivity contribution in [3.8, 4) is 11.1 Å². The predicted octanol–water partition coefficient (Wildman–Crippen LogP) is 1.32. The molecule has 8 heteroatoms. The molecule has 2 aromatic heterocycles. The Labute approximate surface area is 171 Å². The minimum atomic E-state index is -0.163. The van der Waals surface area contributed by atoms with Crippen LogP contribution in [-0.2, 0) is 4.79 Å². The number of nitrogens with zero attached hydrogens (tertiary/aromatic N) is 4. The van der Waals surface area contributed by atoms with Gasteiger partial charge < -0.3 is 25.4 Å². The highest BCUT2D eigenvalue weighted by atomic mass is 16.2. The van der Waals surface area contributed by atoms with Crippen LogP contribution in [0.3, 0.4) is 0 Å². The van der Waals surface area contributed by atoms with E-state index in [1.54, 1.807) is 18.3 Å². The van der Waals surface area contributed by atoms with Crippen LogP contribution in [0.5, 0.6) is 0 Å². The first-order chi connectivity index (χ1) is 13.7. The molecule has 1 aliphatic heterocycles. The molecular formula is C21H30N6O2. The highest BCUT2D eigenvalue weighted by Crippen LogP contribution is 2.27. The largest absolute Gasteiger partial charge is 0.384 e. The summed E-state index contributed by atoms with van der Waals surface area (Å²) in [5, 5.41) is 0. The topological polar surface area (TPSA) is 98.6 Å². The molecule has 0 aliphatic carbocycles. The molecule has 156 valence electrons. The molecule has 0 spiro atoms. The number of piperazine rings is 1. The summed E-state index contributed by atoms with van der Waals surface area (Å²) in [4.78, 5) is 38.0. The van der Waals surface area contributed by atoms with Crippen LogP contribution in [0.4, 0.5) is 11.6 Å². The Morgan fingerprint density at radius 3 is 2.76 bits per heavy atom. The first-order valence-corrected chi connectivity index (χ1v) is 9.90. The summed E-state index contributed by atoms with van der Waals surface area (Å²) in [7, 11) is 3.94. The Bertz CT molecular complexity index is 939. The third-order valence-corrected chi connectivity index (χ3v) is 5.33. The summed E-state index contributed by atoms with van der Waals surface area (Å²) in [5.41, 5.74) is 8.35. The minimum absolute atomic E-state index is 0.0987. The Balaban J connectivity index is 1.80. The van der Waals surface area contributed by atoms with E-state index in [2.05, 4.69) is 21.8 Å². The van der Waals surface area contributed by atoms with Crippen molar-refractivity contribution >= 4 is 17.5 Å². The van der Waals surface area contributed by atoms with E-state index in [-0.39, 0.29) is 17.5 Å². The zero-order valence-electron chi connectivity index (χ0n) is 17.6. The van der Waals surface area contributed by atoms with Gasteiger partial charge in [0.25, 0.3) is 0 Å². The van der Waals surface area contributed by atoms with Crippen molar-refractivity contribution in [2.24, 2.45) is 0 Å². The molecule has 1 fully saturated rings. The summed E-state index contributed by atoms with van der Waals surface area (Å²) in [5.74, 6) is 1.36. The average molecular weight is 399 g/mol. The summed E-state index contributed by atoms with van der Waals surface area (Å²) >= 11 is 0. The van der Waals surface area contributed by atoms with Crippen LogP contribution in [-0.4, -0.2) is 72.0 Å². The van der Waals surface area contributed by atoms with Crippen molar-refractivity contribution in [1.29, 1.82) is 0 Å². The number of nitrogens with two attached hydrogens (primary N) is 1. The Kier molecular flexibility index (Phi) is 6.22. The number of nitrogens with one attached hydrogen (secondary N) is 1. The number of aromatic nitrogens is 2. The van der Waals surface area contributed by atoms with Gasteiger partial charge in [-0.1, -0.05) is 0 Å². The van der Waals surface area contributed by atoms with Crippen LogP contribution in [0.25, 0.3) is 11.1 Å². The number of aromatic amines is 1. The molecule has 3 rings (SSSR count). The Morgan fingerprint density at radius 1 is 1.31 bits per heavy atom. The smallest absolute Gasteiger partial charge is 0.250 e. The molecule has 3 heterocycles. The first kappa shape index (κ1) is 20.9. The molecule has 0 radical (unpaired) electrons. The lowest BCUT2D eigenvalue weighted by atomic mass is 10.0. The number of aryl methyl sites for hydroxylation is 1. The molecule has 29 heavy (non-hydrogen) atoms. The second-order valence-electron chi connectivity index (χ2n) is 7.98. The van der Waals surface area contributed by atoms with Crippen molar-refractivity contribution < 1.29 is 4.79 Å². The van der Waals surface area contributed by atoms with Crippen LogP contribution in [0.15, 0.2) is 29.2 Å². The van der Waals surface area contributed by atoms with E-state index >= 15 is 0 Å². The molecule has 0 bridgehead atoms. The van der Waals surface area contributed by atoms with Gasteiger partial charge in [-0.15, -0.1) is 0 Å². The van der Waals surface area contributed by atoms with Gasteiger partial charge in [0.05, 0.1) is 0 Å². The van der Waals surface area contributed by atoms with E-state index in [0.717, 1.165) is 29.1 Å². The normalized spacial score (nSPS) is 17.1. The lowest BCUT2D eigenvalue weighted by molar-refractivity contribution is -0.132. The molecule has 3 N–H and O–H groups in total. The van der Waals surface area contributed by atoms with Gasteiger partial charge in [-0.2, -0.15) is 0 Å². The van der Waals surface area contributed by atoms with Crippen molar-refractivity contribution in [2.75, 3.05) is 50.9 Å². The van der Waals surface area contributed by atoms with Crippen LogP contribution in [0.1, 0.15) is 18.9 Å². The van der Waals surface area contributed by atoms with Crippen LogP contribution >= 0.6 is 0 Å². The second-order valence-corrected chi connectivity index (χ2v) is 7.98. The van der Waals surface area contributed by atoms with Gasteiger partial charge in [-0.05, 0) is 56.8 Å². The zero-order valence-corrected chi connectivity index (χ0v) is 17.6. The van der Waals surface area contributed by atoms with Crippen LogP contribution in [0, 0.1) is 6.92 Å². The lowest BCUT2D eigenvalue weighted by Gasteiger charge is -2.41. The number of carbonyl (C=O) groups excluding carboxylic acids is 1. The predicted molar refractivity (Wildman–Crippen MR) is 116 cm³/mol. The van der Waals surface area contributed by atoms with E-state index in [1.165, 1.54) is 0 Å². The van der Waals surface area contributed by atoms with Crippen LogP contribution < -0.4 is 16.2 Å². The summed E-state index contributed by atoms with van der Waals surface area (Å²) in [6.45, 7) is 6.72. The number of nitrogen functional groups attached to an aromatic ring is 1. The lowest BCUT2D eigenvalue weighted by Crippen LogP contribution is -2.54. The van der Waals surface area contributed by atoms with Gasteiger partial charge in [0, 0.05) is 50.9 Å². The average Bonchev–Trinajstić information content (AvgIpc) is 2.67. The van der Waals surface area contributed by atoms with Gasteiger partial charge in [0.2, 0.25) is 11.5 Å². The van der Waals surface area contributed by atoms with E-state index in [1.807, 2.05) is 36.9 Å². The highest BCUT2D eigenvalue weighted by Gasteiger charge is 2.27. The van der Waals surface area contributed by atoms with E-state index in [0.29, 0.717) is 31.9 Å². The standard InChI is InChI=1S/C21H30N6O2/c1-14-12-23-18(22)11-17(14)16-9-19(24-20(28)10-16)27-8-7-26(13-15(27)2)21(29)5-6-25(3)4/h9-12,15H,5-8,13H2,1-4H3,(H2,22,23)(H,24,28). The molecule has 8 nitrogen and oxygen atoms in total. The van der Waals surface area contributed by atoms with Crippen molar-refractivity contribution in [1.82, 2.24) is 19.8 Å². The fourth-order valence-corrected chi connectivity index (χ4v) is 3.71. The zero-order chi connectivity index (χ0) is 21.1. The Morgan fingerprint density at radius 2 is 2.07 bits per heavy atom. The molecular weight excluding hydrogens is 368 g/mol. The number of amides is 1. The summed E-state index contributed by atoms with van der Waals surface area (Å²) < 4.78 is 0. The number of rotatable bonds is 5. The molecule has 1 amide bonds. The van der Waals surface area contributed by atoms with E-state index in [9.17, 15) is 9.59 Å². The summed E-state index contributed by atoms with van der Waals surface area (Å²) in [6.07, 6.45) is 2.24. The van der Waals surface area contributed by atoms with Crippen LogP contribution in [0.2, 0.25) is 0 Å². The van der Waals surface area contributed by atoms with Crippen molar-refractivity contribution in [2.45, 2.75) is 26.3 Å². The quantitative estimate of drug-likeness (QED) is 0.788. The molecule has 0 saturated carbocycles. The van der Waals surface area contributed by atoms with E-state index < -0.39 is 0 Å². The Hall–Kier alpha value is -2.87. The molecule has 1 aliphatic rings. The van der Waals surface area contributed by atoms with E-state index in [4.69, 9.17) is 5.73 Å². The third-order valence-electron chi connectivity index (χ3n) is 5.33. The number of hydrogen-bond acceptors (Lipinski definition) is 6. The maximum absolute atomic E-state index is 12.5. The first-order valence-electron chi connectivity index (χ1n) is 9.90. The minimum Gasteiger partial charge on any atom is -0.384 e. The van der Waals surface area contributed by atoms with Gasteiger partial charge in [-0.3, -0.25) is 9.59 Å². The number of hydrogen-bond donors (Lipinski definition) is 2. The number of carbonyl (C=O) groups is 1. The van der Waals surface area contributed by atoms with Gasteiger partial charge in [0.1, 0.15) is 11.6 Å². The number of H-pyrrole nitrogens is 1. The number of pyridine rings is 2. The maximum Gasteiger partial charge on any atom is 0.250 e. The highest BCUT2D eigenvalue weighted by molar-refractivity contribution is 5.77. The van der Waals surface area contributed by atoms with Gasteiger partial charge in [0.15, 0.2) is 0 Å². The number of anilines is 2. The van der Waals surface area contributed by atoms with Gasteiger partial charge >= 0.3 is 0 Å².